The molecular weight excluding hydrogens is 196 g/mol. The van der Waals surface area contributed by atoms with Gasteiger partial charge in [0.1, 0.15) is 5.75 Å². The van der Waals surface area contributed by atoms with Gasteiger partial charge in [-0.15, -0.1) is 0 Å². The van der Waals surface area contributed by atoms with Gasteiger partial charge in [-0.05, 0) is 29.2 Å². The maximum Gasteiger partial charge on any atom is 0.119 e. The summed E-state index contributed by atoms with van der Waals surface area (Å²) in [7, 11) is 1.65. The third kappa shape index (κ3) is 1.56. The van der Waals surface area contributed by atoms with Crippen LogP contribution in [0.15, 0.2) is 30.5 Å². The van der Waals surface area contributed by atoms with E-state index in [1.54, 1.807) is 13.3 Å². The Hall–Kier alpha value is -1.55. The van der Waals surface area contributed by atoms with Crippen molar-refractivity contribution in [3.63, 3.8) is 0 Å². The molecule has 0 atom stereocenters. The van der Waals surface area contributed by atoms with Gasteiger partial charge in [0, 0.05) is 0 Å². The Balaban J connectivity index is 2.47. The van der Waals surface area contributed by atoms with Crippen molar-refractivity contribution in [1.29, 1.82) is 0 Å². The van der Waals surface area contributed by atoms with Crippen LogP contribution in [0.25, 0.3) is 10.4 Å². The number of rotatable bonds is 2. The second-order valence-electron chi connectivity index (χ2n) is 2.84. The maximum absolute atomic E-state index is 5.77. The molecule has 0 fully saturated rings. The van der Waals surface area contributed by atoms with E-state index in [1.165, 1.54) is 11.5 Å². The highest BCUT2D eigenvalue weighted by Gasteiger charge is 2.05. The molecule has 0 aliphatic heterocycles. The lowest BCUT2D eigenvalue weighted by molar-refractivity contribution is 0.415. The molecule has 0 saturated carbocycles. The van der Waals surface area contributed by atoms with Crippen LogP contribution in [0.5, 0.6) is 5.75 Å². The van der Waals surface area contributed by atoms with Gasteiger partial charge in [-0.25, -0.2) is 0 Å². The van der Waals surface area contributed by atoms with Crippen molar-refractivity contribution in [2.75, 3.05) is 12.8 Å². The Morgan fingerprint density at radius 3 is 2.93 bits per heavy atom. The van der Waals surface area contributed by atoms with Crippen molar-refractivity contribution >= 4 is 17.2 Å². The summed E-state index contributed by atoms with van der Waals surface area (Å²) >= 11 is 1.39. The van der Waals surface area contributed by atoms with Gasteiger partial charge in [-0.1, -0.05) is 12.1 Å². The van der Waals surface area contributed by atoms with Gasteiger partial charge < -0.3 is 10.5 Å². The first-order valence-electron chi connectivity index (χ1n) is 4.16. The zero-order valence-corrected chi connectivity index (χ0v) is 8.54. The number of ether oxygens (including phenoxy) is 1. The van der Waals surface area contributed by atoms with Gasteiger partial charge in [-0.3, -0.25) is 0 Å². The summed E-state index contributed by atoms with van der Waals surface area (Å²) in [5, 5.41) is 0. The molecule has 2 N–H and O–H groups in total. The van der Waals surface area contributed by atoms with E-state index in [4.69, 9.17) is 10.5 Å². The van der Waals surface area contributed by atoms with Crippen LogP contribution < -0.4 is 10.5 Å². The molecule has 4 heteroatoms. The molecule has 0 amide bonds. The normalized spacial score (nSPS) is 10.1. The standard InChI is InChI=1S/C10H10N2OS/c1-13-8-4-2-3-7(5-8)10-9(11)6-12-14-10/h2-6H,11H2,1H3. The number of aromatic nitrogens is 1. The molecule has 0 bridgehead atoms. The van der Waals surface area contributed by atoms with Gasteiger partial charge in [0.2, 0.25) is 0 Å². The monoisotopic (exact) mass is 206 g/mol. The van der Waals surface area contributed by atoms with Crippen molar-refractivity contribution in [1.82, 2.24) is 4.37 Å². The summed E-state index contributed by atoms with van der Waals surface area (Å²) in [5.74, 6) is 0.829. The predicted octanol–water partition coefficient (Wildman–Crippen LogP) is 2.40. The van der Waals surface area contributed by atoms with E-state index < -0.39 is 0 Å². The molecular formula is C10H10N2OS. The lowest BCUT2D eigenvalue weighted by Gasteiger charge is -2.02. The number of methoxy groups -OCH3 is 1. The van der Waals surface area contributed by atoms with Crippen LogP contribution in [-0.2, 0) is 0 Å². The SMILES string of the molecule is COc1cccc(-c2sncc2N)c1. The summed E-state index contributed by atoms with van der Waals surface area (Å²) in [6.07, 6.45) is 1.67. The quantitative estimate of drug-likeness (QED) is 0.820. The highest BCUT2D eigenvalue weighted by molar-refractivity contribution is 7.10. The largest absolute Gasteiger partial charge is 0.497 e. The Kier molecular flexibility index (Phi) is 2.37. The summed E-state index contributed by atoms with van der Waals surface area (Å²) in [5.41, 5.74) is 7.53. The molecule has 1 aromatic heterocycles. The lowest BCUT2D eigenvalue weighted by atomic mass is 10.1. The fraction of sp³-hybridized carbons (Fsp3) is 0.100. The molecule has 0 saturated heterocycles. The minimum Gasteiger partial charge on any atom is -0.497 e. The lowest BCUT2D eigenvalue weighted by Crippen LogP contribution is -1.85. The van der Waals surface area contributed by atoms with Crippen LogP contribution in [0.3, 0.4) is 0 Å². The predicted molar refractivity (Wildman–Crippen MR) is 58.5 cm³/mol. The van der Waals surface area contributed by atoms with Crippen molar-refractivity contribution in [3.8, 4) is 16.2 Å². The van der Waals surface area contributed by atoms with Crippen molar-refractivity contribution in [3.05, 3.63) is 30.5 Å². The topological polar surface area (TPSA) is 48.1 Å². The fourth-order valence-electron chi connectivity index (χ4n) is 1.23. The summed E-state index contributed by atoms with van der Waals surface area (Å²) in [6.45, 7) is 0. The zero-order valence-electron chi connectivity index (χ0n) is 7.73. The molecule has 72 valence electrons. The van der Waals surface area contributed by atoms with E-state index in [0.29, 0.717) is 5.69 Å². The van der Waals surface area contributed by atoms with Crippen molar-refractivity contribution in [2.24, 2.45) is 0 Å². The fourth-order valence-corrected chi connectivity index (χ4v) is 1.89. The molecule has 0 aliphatic rings. The van der Waals surface area contributed by atoms with Crippen LogP contribution in [0.1, 0.15) is 0 Å². The summed E-state index contributed by atoms with van der Waals surface area (Å²) in [6, 6.07) is 7.78. The second-order valence-corrected chi connectivity index (χ2v) is 3.64. The molecule has 0 unspecified atom stereocenters. The highest BCUT2D eigenvalue weighted by Crippen LogP contribution is 2.31. The molecule has 3 nitrogen and oxygen atoms in total. The van der Waals surface area contributed by atoms with Crippen molar-refractivity contribution < 1.29 is 4.74 Å². The molecule has 1 aromatic carbocycles. The van der Waals surface area contributed by atoms with Gasteiger partial charge in [-0.2, -0.15) is 4.37 Å². The number of anilines is 1. The van der Waals surface area contributed by atoms with Crippen LogP contribution >= 0.6 is 11.5 Å². The maximum atomic E-state index is 5.77. The van der Waals surface area contributed by atoms with Crippen LogP contribution in [0.4, 0.5) is 5.69 Å². The Morgan fingerprint density at radius 2 is 2.29 bits per heavy atom. The third-order valence-electron chi connectivity index (χ3n) is 1.93. The van der Waals surface area contributed by atoms with Gasteiger partial charge in [0.05, 0.1) is 23.9 Å². The first kappa shape index (κ1) is 9.02. The first-order valence-corrected chi connectivity index (χ1v) is 4.93. The number of benzene rings is 1. The molecule has 0 aliphatic carbocycles. The summed E-state index contributed by atoms with van der Waals surface area (Å²) < 4.78 is 9.17. The minimum absolute atomic E-state index is 0.711. The van der Waals surface area contributed by atoms with E-state index in [2.05, 4.69) is 4.37 Å². The molecule has 2 rings (SSSR count). The smallest absolute Gasteiger partial charge is 0.119 e. The number of nitrogens with zero attached hydrogens (tertiary/aromatic N) is 1. The number of hydrogen-bond acceptors (Lipinski definition) is 4. The Labute approximate surface area is 86.3 Å². The molecule has 1 heterocycles. The average Bonchev–Trinajstić information content (AvgIpc) is 2.65. The second kappa shape index (κ2) is 3.67. The summed E-state index contributed by atoms with van der Waals surface area (Å²) in [4.78, 5) is 0.990. The van der Waals surface area contributed by atoms with E-state index in [-0.39, 0.29) is 0 Å². The Morgan fingerprint density at radius 1 is 1.43 bits per heavy atom. The molecule has 0 radical (unpaired) electrons. The number of nitrogens with two attached hydrogens (primary N) is 1. The molecule has 2 aromatic rings. The van der Waals surface area contributed by atoms with E-state index in [9.17, 15) is 0 Å². The molecule has 14 heavy (non-hydrogen) atoms. The van der Waals surface area contributed by atoms with E-state index >= 15 is 0 Å². The van der Waals surface area contributed by atoms with Gasteiger partial charge >= 0.3 is 0 Å². The van der Waals surface area contributed by atoms with Crippen LogP contribution in [0, 0.1) is 0 Å². The number of hydrogen-bond donors (Lipinski definition) is 1. The first-order chi connectivity index (χ1) is 6.81. The zero-order chi connectivity index (χ0) is 9.97. The minimum atomic E-state index is 0.711. The Bertz CT molecular complexity index is 439. The highest BCUT2D eigenvalue weighted by atomic mass is 32.1. The van der Waals surface area contributed by atoms with Gasteiger partial charge in [0.15, 0.2) is 0 Å². The van der Waals surface area contributed by atoms with Crippen LogP contribution in [0.2, 0.25) is 0 Å². The third-order valence-corrected chi connectivity index (χ3v) is 2.79. The average molecular weight is 206 g/mol. The van der Waals surface area contributed by atoms with Crippen molar-refractivity contribution in [2.45, 2.75) is 0 Å². The van der Waals surface area contributed by atoms with Gasteiger partial charge in [0.25, 0.3) is 0 Å². The molecule has 0 spiro atoms. The van der Waals surface area contributed by atoms with Crippen LogP contribution in [-0.4, -0.2) is 11.5 Å². The van der Waals surface area contributed by atoms with E-state index in [1.807, 2.05) is 24.3 Å². The number of nitrogen functional groups attached to an aromatic ring is 1. The van der Waals surface area contributed by atoms with E-state index in [0.717, 1.165) is 16.2 Å².